The van der Waals surface area contributed by atoms with Crippen molar-refractivity contribution in [3.05, 3.63) is 59.7 Å². The topological polar surface area (TPSA) is 76.7 Å². The van der Waals surface area contributed by atoms with E-state index in [-0.39, 0.29) is 17.2 Å². The van der Waals surface area contributed by atoms with Crippen molar-refractivity contribution in [2.45, 2.75) is 24.7 Å². The van der Waals surface area contributed by atoms with Crippen LogP contribution in [0.3, 0.4) is 0 Å². The highest BCUT2D eigenvalue weighted by atomic mass is 79.9. The van der Waals surface area contributed by atoms with E-state index in [2.05, 4.69) is 48.6 Å². The van der Waals surface area contributed by atoms with Crippen LogP contribution in [-0.4, -0.2) is 48.9 Å². The van der Waals surface area contributed by atoms with Crippen molar-refractivity contribution < 1.29 is 19.1 Å². The molecule has 2 aromatic carbocycles. The third kappa shape index (κ3) is 6.19. The molecule has 0 radical (unpaired) electrons. The average Bonchev–Trinajstić information content (AvgIpc) is 3.32. The first kappa shape index (κ1) is 24.9. The average molecular weight is 568 g/mol. The largest absolute Gasteiger partial charge is 0.381 e. The molecule has 1 fully saturated rings. The van der Waals surface area contributed by atoms with Gasteiger partial charge in [-0.25, -0.2) is 0 Å². The molecular weight excluding hydrogens is 540 g/mol. The lowest BCUT2D eigenvalue weighted by atomic mass is 9.75. The summed E-state index contributed by atoms with van der Waals surface area (Å²) in [7, 11) is 0. The smallest absolute Gasteiger partial charge is 0.235 e. The van der Waals surface area contributed by atoms with E-state index < -0.39 is 0 Å². The number of carbonyl (C=O) groups excluding carboxylic acids is 2. The van der Waals surface area contributed by atoms with Gasteiger partial charge in [-0.15, -0.1) is 0 Å². The van der Waals surface area contributed by atoms with Gasteiger partial charge >= 0.3 is 0 Å². The monoisotopic (exact) mass is 566 g/mol. The van der Waals surface area contributed by atoms with Crippen molar-refractivity contribution in [1.82, 2.24) is 0 Å². The van der Waals surface area contributed by atoms with Gasteiger partial charge in [0.15, 0.2) is 0 Å². The van der Waals surface area contributed by atoms with Gasteiger partial charge in [-0.05, 0) is 36.1 Å². The lowest BCUT2D eigenvalue weighted by Crippen LogP contribution is -2.39. The molecule has 1 saturated heterocycles. The van der Waals surface area contributed by atoms with E-state index in [0.717, 1.165) is 59.2 Å². The Morgan fingerprint density at radius 1 is 0.875 bits per heavy atom. The summed E-state index contributed by atoms with van der Waals surface area (Å²) in [4.78, 5) is 22.8. The fourth-order valence-electron chi connectivity index (χ4n) is 3.96. The predicted octanol–water partition coefficient (Wildman–Crippen LogP) is 4.66. The summed E-state index contributed by atoms with van der Waals surface area (Å²) >= 11 is 6.48. The van der Waals surface area contributed by atoms with Crippen LogP contribution in [0.5, 0.6) is 0 Å². The fourth-order valence-corrected chi connectivity index (χ4v) is 4.42. The lowest BCUT2D eigenvalue weighted by molar-refractivity contribution is -0.124. The summed E-state index contributed by atoms with van der Waals surface area (Å²) in [6.45, 7) is 2.99. The minimum atomic E-state index is -0.311. The number of para-hydroxylation sites is 2. The van der Waals surface area contributed by atoms with Crippen LogP contribution in [0.4, 0.5) is 11.4 Å². The molecule has 6 nitrogen and oxygen atoms in total. The van der Waals surface area contributed by atoms with Gasteiger partial charge in [0.2, 0.25) is 11.8 Å². The molecule has 0 unspecified atom stereocenters. The summed E-state index contributed by atoms with van der Waals surface area (Å²) < 4.78 is 10.4. The Morgan fingerprint density at radius 3 is 2.16 bits per heavy atom. The Hall–Kier alpha value is -1.74. The summed E-state index contributed by atoms with van der Waals surface area (Å²) in [5, 5.41) is 7.58. The Labute approximate surface area is 205 Å². The van der Waals surface area contributed by atoms with E-state index in [1.807, 2.05) is 42.5 Å². The number of amides is 2. The molecule has 3 aliphatic rings. The molecule has 32 heavy (non-hydrogen) atoms. The zero-order valence-corrected chi connectivity index (χ0v) is 21.0. The Bertz CT molecular complexity index is 885. The number of alkyl halides is 2. The molecule has 3 heterocycles. The highest BCUT2D eigenvalue weighted by molar-refractivity contribution is 9.09. The van der Waals surface area contributed by atoms with Crippen molar-refractivity contribution in [1.29, 1.82) is 0 Å². The van der Waals surface area contributed by atoms with Gasteiger partial charge in [0.05, 0.1) is 25.0 Å². The zero-order valence-electron chi connectivity index (χ0n) is 17.9. The van der Waals surface area contributed by atoms with Crippen LogP contribution >= 0.6 is 31.9 Å². The second-order valence-electron chi connectivity index (χ2n) is 7.57. The number of hydrogen-bond donors (Lipinski definition) is 2. The second-order valence-corrected chi connectivity index (χ2v) is 9.15. The first-order valence-electron chi connectivity index (χ1n) is 10.7. The molecule has 0 aliphatic carbocycles. The Balaban J connectivity index is 0.000000148. The third-order valence-corrected chi connectivity index (χ3v) is 6.20. The van der Waals surface area contributed by atoms with Crippen molar-refractivity contribution in [3.8, 4) is 0 Å². The fraction of sp³-hybridized carbons (Fsp3) is 0.417. The summed E-state index contributed by atoms with van der Waals surface area (Å²) in [5.74, 6) is 0.244. The third-order valence-electron chi connectivity index (χ3n) is 5.56. The lowest BCUT2D eigenvalue weighted by Gasteiger charge is -2.31. The molecule has 8 heteroatoms. The van der Waals surface area contributed by atoms with Crippen LogP contribution in [-0.2, 0) is 30.9 Å². The van der Waals surface area contributed by atoms with Gasteiger partial charge in [0.1, 0.15) is 0 Å². The van der Waals surface area contributed by atoms with Gasteiger partial charge in [0, 0.05) is 35.2 Å². The van der Waals surface area contributed by atoms with E-state index >= 15 is 0 Å². The van der Waals surface area contributed by atoms with E-state index in [1.54, 1.807) is 0 Å². The van der Waals surface area contributed by atoms with Gasteiger partial charge in [0.25, 0.3) is 0 Å². The maximum Gasteiger partial charge on any atom is 0.235 e. The molecule has 5 rings (SSSR count). The molecule has 172 valence electrons. The molecule has 3 aliphatic heterocycles. The zero-order chi connectivity index (χ0) is 22.8. The SMILES string of the molecule is BrCCOCCBr.O=C1Cc2ccccc2N1.O=C1Nc2ccccc2C12CCOCC2. The van der Waals surface area contributed by atoms with Crippen LogP contribution in [0.15, 0.2) is 48.5 Å². The number of hydrogen-bond acceptors (Lipinski definition) is 4. The number of halogens is 2. The van der Waals surface area contributed by atoms with Gasteiger partial charge < -0.3 is 20.1 Å². The van der Waals surface area contributed by atoms with Crippen LogP contribution in [0.2, 0.25) is 0 Å². The number of ether oxygens (including phenoxy) is 2. The molecular formula is C24H28Br2N2O4. The van der Waals surface area contributed by atoms with E-state index in [1.165, 1.54) is 0 Å². The van der Waals surface area contributed by atoms with Crippen molar-refractivity contribution >= 4 is 55.0 Å². The van der Waals surface area contributed by atoms with Crippen LogP contribution < -0.4 is 10.6 Å². The minimum absolute atomic E-state index is 0.0983. The quantitative estimate of drug-likeness (QED) is 0.416. The number of fused-ring (bicyclic) bond motifs is 3. The molecule has 2 amide bonds. The normalized spacial score (nSPS) is 17.2. The van der Waals surface area contributed by atoms with Crippen molar-refractivity contribution in [2.24, 2.45) is 0 Å². The van der Waals surface area contributed by atoms with Crippen LogP contribution in [0.1, 0.15) is 24.0 Å². The molecule has 0 aromatic heterocycles. The molecule has 0 saturated carbocycles. The molecule has 2 N–H and O–H groups in total. The van der Waals surface area contributed by atoms with Gasteiger partial charge in [-0.2, -0.15) is 0 Å². The maximum absolute atomic E-state index is 12.0. The minimum Gasteiger partial charge on any atom is -0.381 e. The van der Waals surface area contributed by atoms with Crippen molar-refractivity contribution in [2.75, 3.05) is 47.7 Å². The molecule has 0 atom stereocenters. The van der Waals surface area contributed by atoms with Crippen LogP contribution in [0.25, 0.3) is 0 Å². The van der Waals surface area contributed by atoms with E-state index in [0.29, 0.717) is 19.6 Å². The molecule has 1 spiro atoms. The second kappa shape index (κ2) is 12.5. The number of anilines is 2. The first-order valence-corrected chi connectivity index (χ1v) is 12.9. The van der Waals surface area contributed by atoms with E-state index in [9.17, 15) is 9.59 Å². The number of rotatable bonds is 4. The van der Waals surface area contributed by atoms with Gasteiger partial charge in [-0.1, -0.05) is 68.3 Å². The number of carbonyl (C=O) groups is 2. The summed E-state index contributed by atoms with van der Waals surface area (Å²) in [6.07, 6.45) is 2.14. The Kier molecular flexibility index (Phi) is 9.71. The Morgan fingerprint density at radius 2 is 1.50 bits per heavy atom. The summed E-state index contributed by atoms with van der Waals surface area (Å²) in [5.41, 5.74) is 3.89. The number of benzene rings is 2. The number of nitrogens with one attached hydrogen (secondary N) is 2. The molecule has 0 bridgehead atoms. The van der Waals surface area contributed by atoms with Crippen molar-refractivity contribution in [3.63, 3.8) is 0 Å². The standard InChI is InChI=1S/C12H13NO2.C8H7NO.C4H8Br2O/c14-11-12(5-7-15-8-6-12)9-3-1-2-4-10(9)13-11;10-8-5-6-3-1-2-4-7(6)9-8;5-1-3-7-4-2-6/h1-4H,5-8H2,(H,13,14);1-4H,5H2,(H,9,10);1-4H2. The maximum atomic E-state index is 12.0. The highest BCUT2D eigenvalue weighted by Crippen LogP contribution is 2.44. The first-order chi connectivity index (χ1) is 15.6. The van der Waals surface area contributed by atoms with E-state index in [4.69, 9.17) is 9.47 Å². The summed E-state index contributed by atoms with van der Waals surface area (Å²) in [6, 6.07) is 15.7. The predicted molar refractivity (Wildman–Crippen MR) is 134 cm³/mol. The molecule has 2 aromatic rings. The highest BCUT2D eigenvalue weighted by Gasteiger charge is 2.47. The van der Waals surface area contributed by atoms with Crippen LogP contribution in [0, 0.1) is 0 Å². The van der Waals surface area contributed by atoms with Gasteiger partial charge in [-0.3, -0.25) is 9.59 Å².